The van der Waals surface area contributed by atoms with Gasteiger partial charge in [-0.3, -0.25) is 9.59 Å². The summed E-state index contributed by atoms with van der Waals surface area (Å²) in [7, 11) is 1.39. The molecule has 35 heavy (non-hydrogen) atoms. The third-order valence-electron chi connectivity index (χ3n) is 6.45. The van der Waals surface area contributed by atoms with E-state index in [4.69, 9.17) is 9.72 Å². The minimum absolute atomic E-state index is 0.122. The van der Waals surface area contributed by atoms with Gasteiger partial charge in [-0.25, -0.2) is 14.1 Å². The standard InChI is InChI=1S/C27H25FN4O3/c1-35-27(34)20-10-12-31(13-11-20)26(33)22-15-24(19-7-3-2-4-8-19)30-25-23(22)16-29-32(25)17-18-6-5-9-21(28)14-18/h2-9,14-16,20H,10-13,17H2,1H3. The number of hydrogen-bond donors (Lipinski definition) is 0. The number of aromatic nitrogens is 3. The van der Waals surface area contributed by atoms with Crippen LogP contribution in [0.15, 0.2) is 66.9 Å². The Kier molecular flexibility index (Phi) is 6.27. The summed E-state index contributed by atoms with van der Waals surface area (Å²) in [4.78, 5) is 32.2. The molecule has 0 N–H and O–H groups in total. The Labute approximate surface area is 202 Å². The molecule has 1 amide bonds. The van der Waals surface area contributed by atoms with Crippen molar-refractivity contribution < 1.29 is 18.7 Å². The van der Waals surface area contributed by atoms with Crippen LogP contribution in [0.25, 0.3) is 22.3 Å². The Bertz CT molecular complexity index is 1380. The maximum Gasteiger partial charge on any atom is 0.308 e. The van der Waals surface area contributed by atoms with Crippen LogP contribution >= 0.6 is 0 Å². The van der Waals surface area contributed by atoms with Crippen LogP contribution in [0.3, 0.4) is 0 Å². The number of benzene rings is 2. The maximum absolute atomic E-state index is 13.7. The topological polar surface area (TPSA) is 77.3 Å². The van der Waals surface area contributed by atoms with Gasteiger partial charge in [0.05, 0.1) is 42.4 Å². The van der Waals surface area contributed by atoms with E-state index in [2.05, 4.69) is 5.10 Å². The average molecular weight is 473 g/mol. The fraction of sp³-hybridized carbons (Fsp3) is 0.259. The number of amides is 1. The highest BCUT2D eigenvalue weighted by Gasteiger charge is 2.30. The molecule has 2 aromatic carbocycles. The summed E-state index contributed by atoms with van der Waals surface area (Å²) in [6, 6.07) is 17.8. The molecule has 2 aromatic heterocycles. The first-order chi connectivity index (χ1) is 17.0. The van der Waals surface area contributed by atoms with Gasteiger partial charge in [-0.05, 0) is 36.6 Å². The number of methoxy groups -OCH3 is 1. The van der Waals surface area contributed by atoms with Gasteiger partial charge in [0.25, 0.3) is 5.91 Å². The Morgan fingerprint density at radius 1 is 1.06 bits per heavy atom. The van der Waals surface area contributed by atoms with Crippen molar-refractivity contribution in [2.45, 2.75) is 19.4 Å². The van der Waals surface area contributed by atoms with Gasteiger partial charge >= 0.3 is 5.97 Å². The third-order valence-corrected chi connectivity index (χ3v) is 6.45. The molecule has 0 bridgehead atoms. The Morgan fingerprint density at radius 3 is 2.54 bits per heavy atom. The minimum atomic E-state index is -0.317. The molecule has 0 spiro atoms. The van der Waals surface area contributed by atoms with E-state index in [1.807, 2.05) is 36.4 Å². The van der Waals surface area contributed by atoms with Gasteiger partial charge in [-0.1, -0.05) is 42.5 Å². The minimum Gasteiger partial charge on any atom is -0.469 e. The summed E-state index contributed by atoms with van der Waals surface area (Å²) in [6.45, 7) is 1.27. The molecule has 5 rings (SSSR count). The predicted molar refractivity (Wildman–Crippen MR) is 129 cm³/mol. The average Bonchev–Trinajstić information content (AvgIpc) is 3.30. The molecule has 0 unspecified atom stereocenters. The zero-order valence-corrected chi connectivity index (χ0v) is 19.4. The number of hydrogen-bond acceptors (Lipinski definition) is 5. The SMILES string of the molecule is COC(=O)C1CCN(C(=O)c2cc(-c3ccccc3)nc3c2cnn3Cc2cccc(F)c2)CC1. The lowest BCUT2D eigenvalue weighted by molar-refractivity contribution is -0.146. The number of halogens is 1. The van der Waals surface area contributed by atoms with Crippen LogP contribution in [0.4, 0.5) is 4.39 Å². The maximum atomic E-state index is 13.7. The summed E-state index contributed by atoms with van der Waals surface area (Å²) < 4.78 is 20.3. The largest absolute Gasteiger partial charge is 0.469 e. The molecule has 8 heteroatoms. The van der Waals surface area contributed by atoms with E-state index in [0.29, 0.717) is 54.8 Å². The normalized spacial score (nSPS) is 14.3. The zero-order chi connectivity index (χ0) is 24.4. The summed E-state index contributed by atoms with van der Waals surface area (Å²) in [5, 5.41) is 5.13. The number of fused-ring (bicyclic) bond motifs is 1. The second kappa shape index (κ2) is 9.66. The van der Waals surface area contributed by atoms with Crippen molar-refractivity contribution in [2.24, 2.45) is 5.92 Å². The number of nitrogens with zero attached hydrogens (tertiary/aromatic N) is 4. The lowest BCUT2D eigenvalue weighted by atomic mass is 9.96. The van der Waals surface area contributed by atoms with Gasteiger partial charge < -0.3 is 9.64 Å². The quantitative estimate of drug-likeness (QED) is 0.405. The van der Waals surface area contributed by atoms with Crippen molar-refractivity contribution in [3.8, 4) is 11.3 Å². The van der Waals surface area contributed by atoms with Crippen LogP contribution in [-0.4, -0.2) is 51.7 Å². The molecule has 1 fully saturated rings. The number of carbonyl (C=O) groups is 2. The molecule has 1 aliphatic rings. The highest BCUT2D eigenvalue weighted by atomic mass is 19.1. The smallest absolute Gasteiger partial charge is 0.308 e. The molecule has 7 nitrogen and oxygen atoms in total. The first-order valence-corrected chi connectivity index (χ1v) is 11.6. The van der Waals surface area contributed by atoms with E-state index in [0.717, 1.165) is 11.1 Å². The van der Waals surface area contributed by atoms with Crippen LogP contribution in [0.2, 0.25) is 0 Å². The number of likely N-dealkylation sites (tertiary alicyclic amines) is 1. The monoisotopic (exact) mass is 472 g/mol. The number of esters is 1. The molecular weight excluding hydrogens is 447 g/mol. The van der Waals surface area contributed by atoms with Crippen LogP contribution in [0.1, 0.15) is 28.8 Å². The van der Waals surface area contributed by atoms with E-state index >= 15 is 0 Å². The number of ether oxygens (including phenoxy) is 1. The second-order valence-electron chi connectivity index (χ2n) is 8.68. The zero-order valence-electron chi connectivity index (χ0n) is 19.4. The summed E-state index contributed by atoms with van der Waals surface area (Å²) >= 11 is 0. The van der Waals surface area contributed by atoms with Gasteiger partial charge in [0.1, 0.15) is 5.82 Å². The van der Waals surface area contributed by atoms with Crippen molar-refractivity contribution in [3.05, 3.63) is 83.8 Å². The summed E-state index contributed by atoms with van der Waals surface area (Å²) in [5.74, 6) is -0.852. The molecule has 3 heterocycles. The van der Waals surface area contributed by atoms with E-state index in [9.17, 15) is 14.0 Å². The third kappa shape index (κ3) is 4.64. The molecule has 1 aliphatic heterocycles. The van der Waals surface area contributed by atoms with E-state index < -0.39 is 0 Å². The van der Waals surface area contributed by atoms with Gasteiger partial charge in [0, 0.05) is 18.7 Å². The highest BCUT2D eigenvalue weighted by molar-refractivity contribution is 6.06. The van der Waals surface area contributed by atoms with E-state index in [1.54, 1.807) is 27.9 Å². The van der Waals surface area contributed by atoms with Crippen molar-refractivity contribution in [3.63, 3.8) is 0 Å². The van der Waals surface area contributed by atoms with Gasteiger partial charge in [0.2, 0.25) is 0 Å². The number of piperidine rings is 1. The number of pyridine rings is 1. The fourth-order valence-electron chi connectivity index (χ4n) is 4.56. The lowest BCUT2D eigenvalue weighted by Crippen LogP contribution is -2.40. The Morgan fingerprint density at radius 2 is 1.83 bits per heavy atom. The molecule has 1 saturated heterocycles. The van der Waals surface area contributed by atoms with Crippen LogP contribution in [0.5, 0.6) is 0 Å². The second-order valence-corrected chi connectivity index (χ2v) is 8.68. The predicted octanol–water partition coefficient (Wildman–Crippen LogP) is 4.31. The Balaban J connectivity index is 1.53. The van der Waals surface area contributed by atoms with Crippen LogP contribution in [0, 0.1) is 11.7 Å². The molecular formula is C27H25FN4O3. The van der Waals surface area contributed by atoms with Gasteiger partial charge in [-0.15, -0.1) is 0 Å². The van der Waals surface area contributed by atoms with Crippen LogP contribution < -0.4 is 0 Å². The number of carbonyl (C=O) groups excluding carboxylic acids is 2. The fourth-order valence-corrected chi connectivity index (χ4v) is 4.56. The molecule has 0 aliphatic carbocycles. The van der Waals surface area contributed by atoms with E-state index in [-0.39, 0.29) is 23.6 Å². The molecule has 178 valence electrons. The molecule has 0 atom stereocenters. The first-order valence-electron chi connectivity index (χ1n) is 11.6. The van der Waals surface area contributed by atoms with Gasteiger partial charge in [0.15, 0.2) is 5.65 Å². The number of rotatable bonds is 5. The van der Waals surface area contributed by atoms with Crippen molar-refractivity contribution >= 4 is 22.9 Å². The van der Waals surface area contributed by atoms with Crippen molar-refractivity contribution in [1.29, 1.82) is 0 Å². The summed E-state index contributed by atoms with van der Waals surface area (Å²) in [5.41, 5.74) is 3.36. The summed E-state index contributed by atoms with van der Waals surface area (Å²) in [6.07, 6.45) is 2.78. The van der Waals surface area contributed by atoms with Crippen molar-refractivity contribution in [2.75, 3.05) is 20.2 Å². The highest BCUT2D eigenvalue weighted by Crippen LogP contribution is 2.28. The van der Waals surface area contributed by atoms with Crippen LogP contribution in [-0.2, 0) is 16.1 Å². The Hall–Kier alpha value is -4.07. The lowest BCUT2D eigenvalue weighted by Gasteiger charge is -2.31. The molecule has 0 saturated carbocycles. The van der Waals surface area contributed by atoms with Crippen molar-refractivity contribution in [1.82, 2.24) is 19.7 Å². The first kappa shape index (κ1) is 22.7. The van der Waals surface area contributed by atoms with E-state index in [1.165, 1.54) is 19.2 Å². The molecule has 4 aromatic rings. The van der Waals surface area contributed by atoms with Gasteiger partial charge in [-0.2, -0.15) is 5.10 Å². The molecule has 0 radical (unpaired) electrons.